The fraction of sp³-hybridized carbons (Fsp3) is 0.619. The predicted molar refractivity (Wildman–Crippen MR) is 92.8 cm³/mol. The van der Waals surface area contributed by atoms with Crippen molar-refractivity contribution >= 4 is 11.9 Å². The van der Waals surface area contributed by atoms with Crippen LogP contribution in [0.4, 0.5) is 0 Å². The second-order valence-electron chi connectivity index (χ2n) is 8.34. The third-order valence-electron chi connectivity index (χ3n) is 6.87. The van der Waals surface area contributed by atoms with Crippen molar-refractivity contribution in [3.8, 4) is 0 Å². The summed E-state index contributed by atoms with van der Waals surface area (Å²) in [4.78, 5) is 23.8. The van der Waals surface area contributed by atoms with Crippen LogP contribution in [0.3, 0.4) is 0 Å². The van der Waals surface area contributed by atoms with Gasteiger partial charge in [-0.3, -0.25) is 9.59 Å². The molecule has 0 amide bonds. The maximum atomic E-state index is 11.9. The number of esters is 2. The Hall–Kier alpha value is -1.84. The lowest BCUT2D eigenvalue weighted by Gasteiger charge is -2.66. The second-order valence-corrected chi connectivity index (χ2v) is 8.34. The molecule has 0 radical (unpaired) electrons. The fourth-order valence-electron chi connectivity index (χ4n) is 6.27. The average Bonchev–Trinajstić information content (AvgIpc) is 2.52. The first-order chi connectivity index (χ1) is 11.8. The van der Waals surface area contributed by atoms with Crippen LogP contribution in [0.2, 0.25) is 0 Å². The molecule has 4 bridgehead atoms. The highest BCUT2D eigenvalue weighted by Crippen LogP contribution is 2.67. The van der Waals surface area contributed by atoms with E-state index in [2.05, 4.69) is 24.3 Å². The Bertz CT molecular complexity index is 699. The predicted octanol–water partition coefficient (Wildman–Crippen LogP) is 3.84. The molecule has 0 aromatic heterocycles. The second kappa shape index (κ2) is 5.58. The van der Waals surface area contributed by atoms with E-state index in [1.54, 1.807) is 0 Å². The molecule has 4 saturated carbocycles. The van der Waals surface area contributed by atoms with Crippen LogP contribution < -0.4 is 0 Å². The van der Waals surface area contributed by atoms with Gasteiger partial charge in [-0.05, 0) is 55.9 Å². The van der Waals surface area contributed by atoms with E-state index in [9.17, 15) is 9.59 Å². The number of rotatable bonds is 3. The molecule has 4 nitrogen and oxygen atoms in total. The third kappa shape index (κ3) is 2.41. The molecule has 5 rings (SSSR count). The van der Waals surface area contributed by atoms with Gasteiger partial charge >= 0.3 is 11.9 Å². The molecule has 0 saturated heterocycles. The Morgan fingerprint density at radius 3 is 2.32 bits per heavy atom. The highest BCUT2D eigenvalue weighted by Gasteiger charge is 2.70. The minimum atomic E-state index is -0.765. The first kappa shape index (κ1) is 16.6. The van der Waals surface area contributed by atoms with Crippen molar-refractivity contribution < 1.29 is 19.1 Å². The fourth-order valence-corrected chi connectivity index (χ4v) is 6.27. The van der Waals surface area contributed by atoms with Crippen LogP contribution in [0.1, 0.15) is 57.9 Å². The van der Waals surface area contributed by atoms with Crippen molar-refractivity contribution in [1.82, 2.24) is 0 Å². The van der Waals surface area contributed by atoms with Gasteiger partial charge < -0.3 is 9.47 Å². The van der Waals surface area contributed by atoms with Gasteiger partial charge in [0.15, 0.2) is 11.2 Å². The molecule has 4 fully saturated rings. The van der Waals surface area contributed by atoms with E-state index in [1.807, 2.05) is 13.0 Å². The summed E-state index contributed by atoms with van der Waals surface area (Å²) in [7, 11) is 0. The van der Waals surface area contributed by atoms with Crippen molar-refractivity contribution in [3.05, 3.63) is 35.9 Å². The molecule has 4 aliphatic rings. The molecule has 25 heavy (non-hydrogen) atoms. The van der Waals surface area contributed by atoms with E-state index >= 15 is 0 Å². The molecule has 0 aliphatic heterocycles. The number of carbonyl (C=O) groups is 2. The van der Waals surface area contributed by atoms with E-state index in [1.165, 1.54) is 25.8 Å². The van der Waals surface area contributed by atoms with Gasteiger partial charge in [0.1, 0.15) is 0 Å². The van der Waals surface area contributed by atoms with E-state index in [0.29, 0.717) is 17.8 Å². The van der Waals surface area contributed by atoms with Gasteiger partial charge in [-0.2, -0.15) is 0 Å². The maximum absolute atomic E-state index is 11.9. The normalized spacial score (nSPS) is 41.4. The summed E-state index contributed by atoms with van der Waals surface area (Å²) < 4.78 is 11.9. The van der Waals surface area contributed by atoms with Gasteiger partial charge in [0.25, 0.3) is 0 Å². The zero-order chi connectivity index (χ0) is 17.8. The summed E-state index contributed by atoms with van der Waals surface area (Å²) in [5.41, 5.74) is -0.127. The van der Waals surface area contributed by atoms with Crippen LogP contribution >= 0.6 is 0 Å². The summed E-state index contributed by atoms with van der Waals surface area (Å²) in [6.07, 6.45) is 3.80. The zero-order valence-electron chi connectivity index (χ0n) is 15.2. The van der Waals surface area contributed by atoms with Crippen LogP contribution in [0, 0.1) is 17.8 Å². The first-order valence-electron chi connectivity index (χ1n) is 9.29. The minimum absolute atomic E-state index is 0.185. The quantitative estimate of drug-likeness (QED) is 0.783. The Morgan fingerprint density at radius 2 is 1.68 bits per heavy atom. The lowest BCUT2D eigenvalue weighted by atomic mass is 9.43. The van der Waals surface area contributed by atoms with Crippen molar-refractivity contribution in [2.24, 2.45) is 17.8 Å². The first-order valence-corrected chi connectivity index (χ1v) is 9.29. The number of carbonyl (C=O) groups excluding carboxylic acids is 2. The third-order valence-corrected chi connectivity index (χ3v) is 6.87. The van der Waals surface area contributed by atoms with Crippen LogP contribution in [0.15, 0.2) is 30.3 Å². The summed E-state index contributed by atoms with van der Waals surface area (Å²) in [5, 5.41) is 0. The summed E-state index contributed by atoms with van der Waals surface area (Å²) in [5.74, 6) is 0.981. The number of ether oxygens (including phenoxy) is 2. The lowest BCUT2D eigenvalue weighted by molar-refractivity contribution is -0.281. The Kier molecular flexibility index (Phi) is 3.71. The van der Waals surface area contributed by atoms with Crippen molar-refractivity contribution in [3.63, 3.8) is 0 Å². The van der Waals surface area contributed by atoms with E-state index in [4.69, 9.17) is 9.47 Å². The maximum Gasteiger partial charge on any atom is 0.303 e. The monoisotopic (exact) mass is 342 g/mol. The molecule has 6 unspecified atom stereocenters. The van der Waals surface area contributed by atoms with Crippen molar-refractivity contribution in [1.29, 1.82) is 0 Å². The van der Waals surface area contributed by atoms with Gasteiger partial charge in [0.2, 0.25) is 0 Å². The van der Waals surface area contributed by atoms with Gasteiger partial charge in [0, 0.05) is 19.8 Å². The molecule has 0 spiro atoms. The summed E-state index contributed by atoms with van der Waals surface area (Å²) >= 11 is 0. The number of hydrogen-bond donors (Lipinski definition) is 0. The van der Waals surface area contributed by atoms with Crippen LogP contribution in [-0.2, 0) is 19.1 Å². The van der Waals surface area contributed by atoms with E-state index in [-0.39, 0.29) is 17.9 Å². The van der Waals surface area contributed by atoms with Gasteiger partial charge in [-0.25, -0.2) is 0 Å². The molecule has 4 aliphatic carbocycles. The van der Waals surface area contributed by atoms with Crippen LogP contribution in [0.25, 0.3) is 0 Å². The molecular formula is C21H26O4. The molecule has 1 aromatic rings. The molecule has 4 heteroatoms. The number of hydrogen-bond acceptors (Lipinski definition) is 4. The van der Waals surface area contributed by atoms with E-state index in [0.717, 1.165) is 19.3 Å². The average molecular weight is 342 g/mol. The van der Waals surface area contributed by atoms with Crippen molar-refractivity contribution in [2.75, 3.05) is 0 Å². The van der Waals surface area contributed by atoms with Crippen molar-refractivity contribution in [2.45, 2.75) is 63.6 Å². The van der Waals surface area contributed by atoms with Gasteiger partial charge in [-0.1, -0.05) is 30.3 Å². The molecule has 0 N–H and O–H groups in total. The summed E-state index contributed by atoms with van der Waals surface area (Å²) in [6.45, 7) is 4.91. The Morgan fingerprint density at radius 1 is 1.00 bits per heavy atom. The molecule has 1 aromatic carbocycles. The van der Waals surface area contributed by atoms with Gasteiger partial charge in [-0.15, -0.1) is 0 Å². The van der Waals surface area contributed by atoms with Gasteiger partial charge in [0.05, 0.1) is 0 Å². The largest absolute Gasteiger partial charge is 0.455 e. The Labute approximate surface area is 148 Å². The molecule has 0 heterocycles. The topological polar surface area (TPSA) is 52.6 Å². The highest BCUT2D eigenvalue weighted by molar-refractivity contribution is 5.68. The Balaban J connectivity index is 1.81. The van der Waals surface area contributed by atoms with Crippen LogP contribution in [-0.4, -0.2) is 23.1 Å². The standard InChI is InChI=1S/C21H26O4/c1-13(22)24-20(3)18-10-15-9-17(12-21(20,11-15)25-14(2)23)19(18)16-7-5-4-6-8-16/h4-8,15,17-19H,9-12H2,1-3H3. The zero-order valence-corrected chi connectivity index (χ0v) is 15.2. The SMILES string of the molecule is CC(=O)OC12CC3CC(C1)C(c1ccccc1)C(C3)C2(C)OC(C)=O. The molecule has 134 valence electrons. The van der Waals surface area contributed by atoms with Crippen LogP contribution in [0.5, 0.6) is 0 Å². The minimum Gasteiger partial charge on any atom is -0.455 e. The number of benzene rings is 1. The molecular weight excluding hydrogens is 316 g/mol. The molecule has 6 atom stereocenters. The smallest absolute Gasteiger partial charge is 0.303 e. The summed E-state index contributed by atoms with van der Waals surface area (Å²) in [6, 6.07) is 10.5. The lowest BCUT2D eigenvalue weighted by Crippen LogP contribution is -2.72. The van der Waals surface area contributed by atoms with E-state index < -0.39 is 11.2 Å². The highest BCUT2D eigenvalue weighted by atomic mass is 16.6.